The molecule has 1 aliphatic rings. The fourth-order valence-electron chi connectivity index (χ4n) is 3.79. The van der Waals surface area contributed by atoms with Gasteiger partial charge in [-0.25, -0.2) is 9.18 Å². The van der Waals surface area contributed by atoms with Crippen molar-refractivity contribution in [3.63, 3.8) is 0 Å². The van der Waals surface area contributed by atoms with E-state index in [4.69, 9.17) is 4.42 Å². The minimum atomic E-state index is -0.468. The third-order valence-electron chi connectivity index (χ3n) is 5.26. The van der Waals surface area contributed by atoms with Crippen molar-refractivity contribution in [2.24, 2.45) is 0 Å². The van der Waals surface area contributed by atoms with E-state index < -0.39 is 12.1 Å². The average molecular weight is 395 g/mol. The Bertz CT molecular complexity index is 1090. The first kappa shape index (κ1) is 19.0. The number of carbonyl (C=O) groups excluding carboxylic acids is 2. The maximum atomic E-state index is 13.5. The number of benzene rings is 2. The molecule has 7 heteroatoms. The summed E-state index contributed by atoms with van der Waals surface area (Å²) in [6.07, 6.45) is 0.817. The zero-order valence-electron chi connectivity index (χ0n) is 16.3. The molecule has 0 radical (unpaired) electrons. The van der Waals surface area contributed by atoms with E-state index in [2.05, 4.69) is 10.6 Å². The minimum Gasteiger partial charge on any atom is -0.459 e. The zero-order valence-corrected chi connectivity index (χ0v) is 16.3. The summed E-state index contributed by atoms with van der Waals surface area (Å²) in [5.74, 6) is 0.0574. The van der Waals surface area contributed by atoms with Gasteiger partial charge >= 0.3 is 6.03 Å². The summed E-state index contributed by atoms with van der Waals surface area (Å²) in [6.45, 7) is 4.12. The van der Waals surface area contributed by atoms with Crippen molar-refractivity contribution in [1.29, 1.82) is 0 Å². The lowest BCUT2D eigenvalue weighted by Gasteiger charge is -2.18. The van der Waals surface area contributed by atoms with Crippen LogP contribution in [0.1, 0.15) is 29.9 Å². The number of rotatable bonds is 4. The van der Waals surface area contributed by atoms with Crippen LogP contribution >= 0.6 is 0 Å². The van der Waals surface area contributed by atoms with Crippen molar-refractivity contribution in [1.82, 2.24) is 10.6 Å². The Balaban J connectivity index is 1.36. The molecule has 0 fully saturated rings. The molecule has 3 amide bonds. The average Bonchev–Trinajstić information content (AvgIpc) is 3.28. The summed E-state index contributed by atoms with van der Waals surface area (Å²) in [7, 11) is 0. The molecule has 2 heterocycles. The quantitative estimate of drug-likeness (QED) is 0.705. The Morgan fingerprint density at radius 2 is 2.03 bits per heavy atom. The molecule has 0 saturated heterocycles. The van der Waals surface area contributed by atoms with Gasteiger partial charge < -0.3 is 20.0 Å². The number of nitrogens with zero attached hydrogens (tertiary/aromatic N) is 1. The van der Waals surface area contributed by atoms with Crippen molar-refractivity contribution in [3.8, 4) is 0 Å². The molecular weight excluding hydrogens is 373 g/mol. The second-order valence-electron chi connectivity index (χ2n) is 7.20. The van der Waals surface area contributed by atoms with Crippen LogP contribution in [0, 0.1) is 12.7 Å². The minimum absolute atomic E-state index is 0.1000. The third-order valence-corrected chi connectivity index (χ3v) is 5.26. The van der Waals surface area contributed by atoms with Gasteiger partial charge in [-0.3, -0.25) is 4.79 Å². The van der Waals surface area contributed by atoms with Crippen molar-refractivity contribution in [2.45, 2.75) is 26.3 Å². The maximum absolute atomic E-state index is 13.5. The standard InChI is InChI=1S/C22H22FN3O3/c1-13-17-11-16(23)7-8-19(17)29-21(13)14(2)25-22(28)24-12-20(27)26-10-9-15-5-3-4-6-18(15)26/h3-8,11,14H,9-10,12H2,1-2H3,(H2,24,25,28). The normalized spacial score (nSPS) is 14.0. The molecule has 0 saturated carbocycles. The van der Waals surface area contributed by atoms with E-state index in [0.717, 1.165) is 23.2 Å². The highest BCUT2D eigenvalue weighted by Crippen LogP contribution is 2.30. The van der Waals surface area contributed by atoms with Crippen LogP contribution in [0.4, 0.5) is 14.9 Å². The molecule has 0 spiro atoms. The zero-order chi connectivity index (χ0) is 20.5. The van der Waals surface area contributed by atoms with Crippen LogP contribution in [0.2, 0.25) is 0 Å². The predicted molar refractivity (Wildman–Crippen MR) is 108 cm³/mol. The number of urea groups is 1. The third kappa shape index (κ3) is 3.68. The fraction of sp³-hybridized carbons (Fsp3) is 0.273. The van der Waals surface area contributed by atoms with Crippen molar-refractivity contribution >= 4 is 28.6 Å². The molecular formula is C22H22FN3O3. The number of nitrogens with one attached hydrogen (secondary N) is 2. The second kappa shape index (κ2) is 7.58. The van der Waals surface area contributed by atoms with E-state index >= 15 is 0 Å². The van der Waals surface area contributed by atoms with Crippen LogP contribution in [0.15, 0.2) is 46.9 Å². The molecule has 150 valence electrons. The topological polar surface area (TPSA) is 74.6 Å². The van der Waals surface area contributed by atoms with Crippen molar-refractivity contribution in [3.05, 3.63) is 65.2 Å². The number of hydrogen-bond donors (Lipinski definition) is 2. The SMILES string of the molecule is Cc1c(C(C)NC(=O)NCC(=O)N2CCc3ccccc32)oc2ccc(F)cc12. The van der Waals surface area contributed by atoms with Crippen LogP contribution < -0.4 is 15.5 Å². The molecule has 3 aromatic rings. The van der Waals surface area contributed by atoms with Crippen LogP contribution in [-0.2, 0) is 11.2 Å². The summed E-state index contributed by atoms with van der Waals surface area (Å²) in [5, 5.41) is 6.06. The Labute approximate surface area is 167 Å². The summed E-state index contributed by atoms with van der Waals surface area (Å²) >= 11 is 0. The van der Waals surface area contributed by atoms with E-state index in [-0.39, 0.29) is 18.3 Å². The van der Waals surface area contributed by atoms with Gasteiger partial charge in [0, 0.05) is 23.2 Å². The lowest BCUT2D eigenvalue weighted by Crippen LogP contribution is -2.44. The highest BCUT2D eigenvalue weighted by atomic mass is 19.1. The number of carbonyl (C=O) groups is 2. The lowest BCUT2D eigenvalue weighted by atomic mass is 10.1. The first-order valence-corrected chi connectivity index (χ1v) is 9.55. The number of aryl methyl sites for hydroxylation is 1. The largest absolute Gasteiger partial charge is 0.459 e. The molecule has 1 atom stereocenters. The number of anilines is 1. The summed E-state index contributed by atoms with van der Waals surface area (Å²) in [6, 6.07) is 11.2. The highest BCUT2D eigenvalue weighted by Gasteiger charge is 2.24. The molecule has 2 N–H and O–H groups in total. The van der Waals surface area contributed by atoms with Crippen molar-refractivity contribution in [2.75, 3.05) is 18.0 Å². The Morgan fingerprint density at radius 1 is 1.24 bits per heavy atom. The summed E-state index contributed by atoms with van der Waals surface area (Å²) in [4.78, 5) is 26.5. The summed E-state index contributed by atoms with van der Waals surface area (Å²) < 4.78 is 19.3. The second-order valence-corrected chi connectivity index (χ2v) is 7.20. The molecule has 2 aromatic carbocycles. The van der Waals surface area contributed by atoms with Crippen molar-refractivity contribution < 1.29 is 18.4 Å². The lowest BCUT2D eigenvalue weighted by molar-refractivity contribution is -0.117. The maximum Gasteiger partial charge on any atom is 0.315 e. The predicted octanol–water partition coefficient (Wildman–Crippen LogP) is 3.83. The number of para-hydroxylation sites is 1. The van der Waals surface area contributed by atoms with E-state index in [1.54, 1.807) is 17.9 Å². The van der Waals surface area contributed by atoms with E-state index in [1.807, 2.05) is 31.2 Å². The monoisotopic (exact) mass is 395 g/mol. The van der Waals surface area contributed by atoms with E-state index in [0.29, 0.717) is 23.3 Å². The molecule has 1 aromatic heterocycles. The molecule has 1 aliphatic heterocycles. The molecule has 29 heavy (non-hydrogen) atoms. The number of amides is 3. The van der Waals surface area contributed by atoms with Gasteiger partial charge in [0.25, 0.3) is 0 Å². The van der Waals surface area contributed by atoms with Gasteiger partial charge in [-0.2, -0.15) is 0 Å². The van der Waals surface area contributed by atoms with Gasteiger partial charge in [0.2, 0.25) is 5.91 Å². The van der Waals surface area contributed by atoms with E-state index in [1.165, 1.54) is 12.1 Å². The number of halogens is 1. The van der Waals surface area contributed by atoms with Gasteiger partial charge in [-0.15, -0.1) is 0 Å². The Hall–Kier alpha value is -3.35. The summed E-state index contributed by atoms with van der Waals surface area (Å²) in [5.41, 5.74) is 3.38. The molecule has 0 bridgehead atoms. The van der Waals surface area contributed by atoms with E-state index in [9.17, 15) is 14.0 Å². The van der Waals surface area contributed by atoms with Gasteiger partial charge in [0.15, 0.2) is 0 Å². The highest BCUT2D eigenvalue weighted by molar-refractivity contribution is 5.98. The Kier molecular flexibility index (Phi) is 4.96. The first-order valence-electron chi connectivity index (χ1n) is 9.55. The van der Waals surface area contributed by atoms with Crippen LogP contribution in [0.3, 0.4) is 0 Å². The molecule has 6 nitrogen and oxygen atoms in total. The number of fused-ring (bicyclic) bond motifs is 2. The smallest absolute Gasteiger partial charge is 0.315 e. The molecule has 0 aliphatic carbocycles. The fourth-order valence-corrected chi connectivity index (χ4v) is 3.79. The van der Waals surface area contributed by atoms with Gasteiger partial charge in [0.05, 0.1) is 12.6 Å². The molecule has 4 rings (SSSR count). The first-order chi connectivity index (χ1) is 13.9. The van der Waals surface area contributed by atoms with Crippen LogP contribution in [0.25, 0.3) is 11.0 Å². The molecule has 1 unspecified atom stereocenters. The van der Waals surface area contributed by atoms with Gasteiger partial charge in [-0.05, 0) is 50.1 Å². The van der Waals surface area contributed by atoms with Gasteiger partial charge in [-0.1, -0.05) is 18.2 Å². The number of hydrogen-bond acceptors (Lipinski definition) is 3. The van der Waals surface area contributed by atoms with Crippen LogP contribution in [-0.4, -0.2) is 25.0 Å². The Morgan fingerprint density at radius 3 is 2.86 bits per heavy atom. The van der Waals surface area contributed by atoms with Gasteiger partial charge in [0.1, 0.15) is 17.2 Å². The van der Waals surface area contributed by atoms with Crippen LogP contribution in [0.5, 0.6) is 0 Å². The number of furan rings is 1.